The molecule has 1 aliphatic carbocycles. The molecule has 0 aromatic rings. The van der Waals surface area contributed by atoms with Crippen molar-refractivity contribution in [3.63, 3.8) is 0 Å². The van der Waals surface area contributed by atoms with E-state index in [1.54, 1.807) is 7.05 Å². The Bertz CT molecular complexity index is 467. The molecule has 0 aromatic heterocycles. The Morgan fingerprint density at radius 2 is 2.08 bits per heavy atom. The van der Waals surface area contributed by atoms with Crippen LogP contribution >= 0.6 is 35.7 Å². The Morgan fingerprint density at radius 3 is 2.62 bits per heavy atom. The van der Waals surface area contributed by atoms with Crippen LogP contribution < -0.4 is 5.32 Å². The zero-order valence-electron chi connectivity index (χ0n) is 14.6. The van der Waals surface area contributed by atoms with Crippen LogP contribution in [0.1, 0.15) is 25.7 Å². The fourth-order valence-electron chi connectivity index (χ4n) is 3.41. The lowest BCUT2D eigenvalue weighted by molar-refractivity contribution is -0.135. The average Bonchev–Trinajstić information content (AvgIpc) is 3.41. The summed E-state index contributed by atoms with van der Waals surface area (Å²) in [4.78, 5) is 20.9. The molecule has 8 heteroatoms. The van der Waals surface area contributed by atoms with Gasteiger partial charge in [0.2, 0.25) is 5.91 Å². The monoisotopic (exact) mass is 468 g/mol. The van der Waals surface area contributed by atoms with Crippen LogP contribution in [-0.2, 0) is 9.53 Å². The lowest BCUT2D eigenvalue weighted by Crippen LogP contribution is -2.57. The van der Waals surface area contributed by atoms with Gasteiger partial charge in [0.25, 0.3) is 0 Å². The smallest absolute Gasteiger partial charge is 0.242 e. The molecule has 2 aliphatic heterocycles. The Morgan fingerprint density at radius 1 is 1.38 bits per heavy atom. The third-order valence-corrected chi connectivity index (χ3v) is 6.58. The average molecular weight is 468 g/mol. The van der Waals surface area contributed by atoms with Crippen LogP contribution in [0.15, 0.2) is 4.99 Å². The first-order valence-corrected chi connectivity index (χ1v) is 9.78. The highest BCUT2D eigenvalue weighted by Gasteiger charge is 2.37. The van der Waals surface area contributed by atoms with Gasteiger partial charge in [-0.3, -0.25) is 9.79 Å². The third-order valence-electron chi connectivity index (χ3n) is 5.16. The van der Waals surface area contributed by atoms with E-state index in [0.717, 1.165) is 51.6 Å². The first kappa shape index (κ1) is 20.1. The molecule has 1 amide bonds. The van der Waals surface area contributed by atoms with Crippen molar-refractivity contribution in [1.29, 1.82) is 0 Å². The second-order valence-electron chi connectivity index (χ2n) is 6.64. The van der Waals surface area contributed by atoms with Crippen molar-refractivity contribution < 1.29 is 9.53 Å². The number of guanidine groups is 1. The molecule has 6 nitrogen and oxygen atoms in total. The van der Waals surface area contributed by atoms with Gasteiger partial charge in [0.05, 0.1) is 6.54 Å². The van der Waals surface area contributed by atoms with Crippen molar-refractivity contribution in [2.75, 3.05) is 52.7 Å². The zero-order valence-corrected chi connectivity index (χ0v) is 17.8. The lowest BCUT2D eigenvalue weighted by Gasteiger charge is -2.39. The van der Waals surface area contributed by atoms with Gasteiger partial charge in [0.1, 0.15) is 0 Å². The SMILES string of the molecule is CN=C(NCC1(SC)CCOCC1)N1CCN(C2CC2)C(=O)C1.I. The molecular weight excluding hydrogens is 439 g/mol. The van der Waals surface area contributed by atoms with Crippen LogP contribution in [0.4, 0.5) is 0 Å². The molecule has 0 atom stereocenters. The topological polar surface area (TPSA) is 57.2 Å². The maximum atomic E-state index is 12.3. The number of nitrogens with zero attached hydrogens (tertiary/aromatic N) is 3. The first-order chi connectivity index (χ1) is 11.2. The Labute approximate surface area is 166 Å². The Hall–Kier alpha value is -0.220. The minimum atomic E-state index is 0. The Balaban J connectivity index is 0.00000208. The molecule has 3 fully saturated rings. The van der Waals surface area contributed by atoms with Crippen molar-refractivity contribution in [3.8, 4) is 0 Å². The highest BCUT2D eigenvalue weighted by atomic mass is 127. The van der Waals surface area contributed by atoms with Gasteiger partial charge in [-0.2, -0.15) is 11.8 Å². The van der Waals surface area contributed by atoms with Gasteiger partial charge in [0.15, 0.2) is 5.96 Å². The number of ether oxygens (including phenoxy) is 1. The molecule has 24 heavy (non-hydrogen) atoms. The minimum absolute atomic E-state index is 0. The van der Waals surface area contributed by atoms with Crippen molar-refractivity contribution in [1.82, 2.24) is 15.1 Å². The number of hydrogen-bond donors (Lipinski definition) is 1. The van der Waals surface area contributed by atoms with E-state index in [1.807, 2.05) is 16.7 Å². The molecule has 1 N–H and O–H groups in total. The Kier molecular flexibility index (Phi) is 7.48. The van der Waals surface area contributed by atoms with Crippen LogP contribution in [0, 0.1) is 0 Å². The number of carbonyl (C=O) groups excluding carboxylic acids is 1. The van der Waals surface area contributed by atoms with E-state index >= 15 is 0 Å². The highest BCUT2D eigenvalue weighted by Crippen LogP contribution is 2.33. The number of aliphatic imine (C=N–C) groups is 1. The minimum Gasteiger partial charge on any atom is -0.381 e. The molecule has 1 saturated carbocycles. The molecule has 2 saturated heterocycles. The van der Waals surface area contributed by atoms with Crippen LogP contribution in [-0.4, -0.2) is 85.2 Å². The second-order valence-corrected chi connectivity index (χ2v) is 7.91. The highest BCUT2D eigenvalue weighted by molar-refractivity contribution is 14.0. The molecule has 0 radical (unpaired) electrons. The maximum absolute atomic E-state index is 12.3. The number of halogens is 1. The van der Waals surface area contributed by atoms with Crippen LogP contribution in [0.25, 0.3) is 0 Å². The van der Waals surface area contributed by atoms with E-state index in [1.165, 1.54) is 12.8 Å². The van der Waals surface area contributed by atoms with Gasteiger partial charge in [0, 0.05) is 50.7 Å². The number of rotatable bonds is 4. The first-order valence-electron chi connectivity index (χ1n) is 8.55. The summed E-state index contributed by atoms with van der Waals surface area (Å²) < 4.78 is 5.71. The van der Waals surface area contributed by atoms with Crippen molar-refractivity contribution >= 4 is 47.6 Å². The number of hydrogen-bond acceptors (Lipinski definition) is 4. The van der Waals surface area contributed by atoms with E-state index < -0.39 is 0 Å². The third kappa shape index (κ3) is 4.69. The zero-order chi connectivity index (χ0) is 16.3. The fraction of sp³-hybridized carbons (Fsp3) is 0.875. The summed E-state index contributed by atoms with van der Waals surface area (Å²) in [6.07, 6.45) is 6.65. The molecule has 3 rings (SSSR count). The van der Waals surface area contributed by atoms with E-state index in [0.29, 0.717) is 12.6 Å². The van der Waals surface area contributed by atoms with Crippen molar-refractivity contribution in [2.45, 2.75) is 36.5 Å². The van der Waals surface area contributed by atoms with Gasteiger partial charge in [-0.25, -0.2) is 0 Å². The summed E-state index contributed by atoms with van der Waals surface area (Å²) in [5.74, 6) is 1.10. The predicted octanol–water partition coefficient (Wildman–Crippen LogP) is 1.40. The van der Waals surface area contributed by atoms with Crippen LogP contribution in [0.3, 0.4) is 0 Å². The quantitative estimate of drug-likeness (QED) is 0.384. The number of amides is 1. The van der Waals surface area contributed by atoms with E-state index in [4.69, 9.17) is 4.74 Å². The van der Waals surface area contributed by atoms with Crippen LogP contribution in [0.5, 0.6) is 0 Å². The van der Waals surface area contributed by atoms with E-state index in [-0.39, 0.29) is 34.6 Å². The lowest BCUT2D eigenvalue weighted by atomic mass is 9.99. The van der Waals surface area contributed by atoms with Crippen molar-refractivity contribution in [2.24, 2.45) is 4.99 Å². The van der Waals surface area contributed by atoms with Gasteiger partial charge in [-0.15, -0.1) is 24.0 Å². The largest absolute Gasteiger partial charge is 0.381 e. The summed E-state index contributed by atoms with van der Waals surface area (Å²) >= 11 is 1.91. The van der Waals surface area contributed by atoms with E-state index in [2.05, 4.69) is 21.5 Å². The summed E-state index contributed by atoms with van der Waals surface area (Å²) in [7, 11) is 1.80. The number of nitrogens with one attached hydrogen (secondary N) is 1. The molecular formula is C16H29IN4O2S. The fourth-order valence-corrected chi connectivity index (χ4v) is 4.20. The second kappa shape index (κ2) is 8.93. The molecule has 138 valence electrons. The number of carbonyl (C=O) groups is 1. The van der Waals surface area contributed by atoms with Gasteiger partial charge in [-0.05, 0) is 31.9 Å². The van der Waals surface area contributed by atoms with Gasteiger partial charge >= 0.3 is 0 Å². The number of thioether (sulfide) groups is 1. The normalized spacial score (nSPS) is 24.6. The molecule has 0 unspecified atom stereocenters. The molecule has 0 bridgehead atoms. The summed E-state index contributed by atoms with van der Waals surface area (Å²) in [6.45, 7) is 4.69. The molecule has 3 aliphatic rings. The predicted molar refractivity (Wildman–Crippen MR) is 109 cm³/mol. The van der Waals surface area contributed by atoms with E-state index in [9.17, 15) is 4.79 Å². The molecule has 0 spiro atoms. The molecule has 0 aromatic carbocycles. The molecule has 2 heterocycles. The number of piperazine rings is 1. The maximum Gasteiger partial charge on any atom is 0.242 e. The summed E-state index contributed by atoms with van der Waals surface area (Å²) in [5, 5.41) is 3.51. The van der Waals surface area contributed by atoms with Gasteiger partial charge < -0.3 is 19.9 Å². The van der Waals surface area contributed by atoms with Crippen molar-refractivity contribution in [3.05, 3.63) is 0 Å². The standard InChI is InChI=1S/C16H28N4O2S.HI/c1-17-15(18-12-16(23-2)5-9-22-10-6-16)19-7-8-20(13-3-4-13)14(21)11-19;/h13H,3-12H2,1-2H3,(H,17,18);1H. The van der Waals surface area contributed by atoms with Crippen LogP contribution in [0.2, 0.25) is 0 Å². The van der Waals surface area contributed by atoms with Gasteiger partial charge in [-0.1, -0.05) is 0 Å². The summed E-state index contributed by atoms with van der Waals surface area (Å²) in [5.41, 5.74) is 0. The summed E-state index contributed by atoms with van der Waals surface area (Å²) in [6, 6.07) is 0.515.